The Morgan fingerprint density at radius 1 is 0.581 bits per heavy atom. The van der Waals surface area contributed by atoms with Crippen LogP contribution in [0, 0.1) is 10.1 Å². The number of nitrogens with two attached hydrogens (primary N) is 1. The van der Waals surface area contributed by atoms with Crippen LogP contribution in [0.4, 0.5) is 0 Å². The molecule has 0 aromatic carbocycles. The second-order valence-electron chi connectivity index (χ2n) is 8.38. The van der Waals surface area contributed by atoms with Crippen molar-refractivity contribution in [3.63, 3.8) is 0 Å². The monoisotopic (exact) mass is 464 g/mol. The Labute approximate surface area is 196 Å². The Morgan fingerprint density at radius 2 is 0.774 bits per heavy atom. The van der Waals surface area contributed by atoms with Crippen molar-refractivity contribution >= 4 is 7.92 Å². The van der Waals surface area contributed by atoms with E-state index in [1.54, 1.807) is 18.5 Å². The van der Waals surface area contributed by atoms with Crippen LogP contribution in [0.1, 0.15) is 136 Å². The van der Waals surface area contributed by atoms with Crippen LogP contribution in [-0.2, 0) is 0 Å². The minimum atomic E-state index is -1.50. The van der Waals surface area contributed by atoms with Crippen molar-refractivity contribution in [3.05, 3.63) is 10.1 Å². The maximum atomic E-state index is 8.36. The number of hydrogen-bond donors (Lipinski definition) is 2. The van der Waals surface area contributed by atoms with E-state index < -0.39 is 5.09 Å². The van der Waals surface area contributed by atoms with E-state index in [2.05, 4.69) is 26.5 Å². The smallest absolute Gasteiger partial charge is 0.291 e. The second kappa shape index (κ2) is 34.2. The minimum absolute atomic E-state index is 0.366. The predicted octanol–water partition coefficient (Wildman–Crippen LogP) is 8.78. The molecule has 0 saturated carbocycles. The lowest BCUT2D eigenvalue weighted by Gasteiger charge is -2.18. The van der Waals surface area contributed by atoms with Crippen LogP contribution >= 0.6 is 7.92 Å². The van der Waals surface area contributed by atoms with Crippen LogP contribution in [-0.4, -0.2) is 35.8 Å². The molecule has 6 heteroatoms. The highest BCUT2D eigenvalue weighted by molar-refractivity contribution is 7.57. The predicted molar refractivity (Wildman–Crippen MR) is 141 cm³/mol. The van der Waals surface area contributed by atoms with E-state index in [4.69, 9.17) is 15.3 Å². The molecule has 0 aromatic rings. The molecule has 0 bridgehead atoms. The SMILES string of the molecule is CCCCCCCCP(CCCCCCCC)CCCCCCCC.CN.O=[N+]([O-])O. The van der Waals surface area contributed by atoms with Gasteiger partial charge >= 0.3 is 0 Å². The van der Waals surface area contributed by atoms with Crippen LogP contribution in [0.5, 0.6) is 0 Å². The Bertz CT molecular complexity index is 279. The van der Waals surface area contributed by atoms with Crippen molar-refractivity contribution in [1.82, 2.24) is 0 Å². The average molecular weight is 465 g/mol. The van der Waals surface area contributed by atoms with Gasteiger partial charge in [-0.15, -0.1) is 18.0 Å². The molecule has 0 aliphatic heterocycles. The van der Waals surface area contributed by atoms with Gasteiger partial charge in [0.1, 0.15) is 0 Å². The first-order valence-electron chi connectivity index (χ1n) is 13.2. The Hall–Kier alpha value is -0.410. The van der Waals surface area contributed by atoms with Gasteiger partial charge in [-0.1, -0.05) is 117 Å². The third-order valence-electron chi connectivity index (χ3n) is 5.48. The summed E-state index contributed by atoms with van der Waals surface area (Å²) in [6.45, 7) is 6.96. The van der Waals surface area contributed by atoms with E-state index >= 15 is 0 Å². The maximum absolute atomic E-state index is 8.36. The topological polar surface area (TPSA) is 89.4 Å². The molecule has 0 radical (unpaired) electrons. The molecule has 0 aromatic heterocycles. The molecule has 0 aliphatic carbocycles. The maximum Gasteiger partial charge on any atom is 0.291 e. The van der Waals surface area contributed by atoms with Gasteiger partial charge in [-0.05, 0) is 44.8 Å². The highest BCUT2D eigenvalue weighted by atomic mass is 31.1. The van der Waals surface area contributed by atoms with E-state index in [9.17, 15) is 0 Å². The van der Waals surface area contributed by atoms with Crippen molar-refractivity contribution in [2.24, 2.45) is 5.73 Å². The summed E-state index contributed by atoms with van der Waals surface area (Å²) < 4.78 is 0. The Morgan fingerprint density at radius 3 is 1.00 bits per heavy atom. The standard InChI is InChI=1S/C24H51P.CH5N.HNO3/c1-4-7-10-13-16-19-22-25(23-20-17-14-11-8-5-2)24-21-18-15-12-9-6-3;1-2;2-1(3)4/h4-24H2,1-3H3;2H2,1H3;(H,2,3,4). The van der Waals surface area contributed by atoms with E-state index in [1.165, 1.54) is 123 Å². The molecule has 0 unspecified atom stereocenters. The van der Waals surface area contributed by atoms with Gasteiger partial charge in [0, 0.05) is 0 Å². The van der Waals surface area contributed by atoms with Crippen LogP contribution in [0.2, 0.25) is 0 Å². The lowest BCUT2D eigenvalue weighted by atomic mass is 10.1. The fraction of sp³-hybridized carbons (Fsp3) is 1.00. The highest BCUT2D eigenvalue weighted by Crippen LogP contribution is 2.39. The molecular weight excluding hydrogens is 407 g/mol. The van der Waals surface area contributed by atoms with Gasteiger partial charge in [0.25, 0.3) is 5.09 Å². The van der Waals surface area contributed by atoms with Crippen LogP contribution in [0.25, 0.3) is 0 Å². The normalized spacial score (nSPS) is 10.3. The zero-order valence-electron chi connectivity index (χ0n) is 21.6. The second-order valence-corrected chi connectivity index (χ2v) is 11.1. The average Bonchev–Trinajstić information content (AvgIpc) is 2.76. The number of unbranched alkanes of at least 4 members (excludes halogenated alkanes) is 15. The van der Waals surface area contributed by atoms with Crippen molar-refractivity contribution in [2.45, 2.75) is 136 Å². The fourth-order valence-electron chi connectivity index (χ4n) is 3.68. The lowest BCUT2D eigenvalue weighted by molar-refractivity contribution is -0.742. The third kappa shape index (κ3) is 40.5. The van der Waals surface area contributed by atoms with Gasteiger partial charge in [0.15, 0.2) is 0 Å². The van der Waals surface area contributed by atoms with Gasteiger partial charge in [0.2, 0.25) is 0 Å². The van der Waals surface area contributed by atoms with Crippen molar-refractivity contribution < 1.29 is 10.3 Å². The molecule has 0 atom stereocenters. The molecular formula is C25H57N2O3P. The van der Waals surface area contributed by atoms with Gasteiger partial charge < -0.3 is 10.9 Å². The summed E-state index contributed by atoms with van der Waals surface area (Å²) in [5, 5.41) is 13.6. The lowest BCUT2D eigenvalue weighted by Crippen LogP contribution is -1.97. The largest absolute Gasteiger partial charge is 0.333 e. The summed E-state index contributed by atoms with van der Waals surface area (Å²) in [5.41, 5.74) is 4.50. The van der Waals surface area contributed by atoms with E-state index in [-0.39, 0.29) is 0 Å². The molecule has 0 spiro atoms. The number of nitrogens with zero attached hydrogens (tertiary/aromatic N) is 1. The van der Waals surface area contributed by atoms with Crippen molar-refractivity contribution in [1.29, 1.82) is 0 Å². The molecule has 0 rings (SSSR count). The highest BCUT2D eigenvalue weighted by Gasteiger charge is 2.07. The Balaban J connectivity index is -0.00000116. The van der Waals surface area contributed by atoms with E-state index in [0.717, 1.165) is 0 Å². The van der Waals surface area contributed by atoms with Crippen molar-refractivity contribution in [2.75, 3.05) is 25.5 Å². The van der Waals surface area contributed by atoms with Crippen LogP contribution in [0.15, 0.2) is 0 Å². The molecule has 3 N–H and O–H groups in total. The zero-order valence-corrected chi connectivity index (χ0v) is 22.5. The van der Waals surface area contributed by atoms with Gasteiger partial charge in [-0.3, -0.25) is 0 Å². The fourth-order valence-corrected chi connectivity index (χ4v) is 6.37. The zero-order chi connectivity index (χ0) is 24.0. The molecule has 0 fully saturated rings. The summed E-state index contributed by atoms with van der Waals surface area (Å²) >= 11 is 0. The summed E-state index contributed by atoms with van der Waals surface area (Å²) in [6.07, 6.45) is 31.2. The van der Waals surface area contributed by atoms with E-state index in [1.807, 2.05) is 0 Å². The number of rotatable bonds is 21. The molecule has 31 heavy (non-hydrogen) atoms. The van der Waals surface area contributed by atoms with Gasteiger partial charge in [-0.2, -0.15) is 0 Å². The first kappa shape index (κ1) is 35.2. The molecule has 0 saturated heterocycles. The minimum Gasteiger partial charge on any atom is -0.333 e. The molecule has 5 nitrogen and oxygen atoms in total. The summed E-state index contributed by atoms with van der Waals surface area (Å²) in [5.74, 6) is 0. The van der Waals surface area contributed by atoms with Crippen LogP contribution < -0.4 is 5.73 Å². The quantitative estimate of drug-likeness (QED) is 0.0768. The molecule has 190 valence electrons. The van der Waals surface area contributed by atoms with E-state index in [0.29, 0.717) is 7.92 Å². The molecule has 0 aliphatic rings. The van der Waals surface area contributed by atoms with Crippen molar-refractivity contribution in [3.8, 4) is 0 Å². The van der Waals surface area contributed by atoms with Gasteiger partial charge in [0.05, 0.1) is 0 Å². The first-order valence-corrected chi connectivity index (χ1v) is 15.1. The summed E-state index contributed by atoms with van der Waals surface area (Å²) in [6, 6.07) is 0. The molecule has 0 amide bonds. The van der Waals surface area contributed by atoms with Crippen LogP contribution in [0.3, 0.4) is 0 Å². The summed E-state index contributed by atoms with van der Waals surface area (Å²) in [4.78, 5) is 8.36. The number of hydrogen-bond acceptors (Lipinski definition) is 3. The Kier molecular flexibility index (Phi) is 38.8. The third-order valence-corrected chi connectivity index (χ3v) is 8.33. The first-order chi connectivity index (χ1) is 15.1. The summed E-state index contributed by atoms with van der Waals surface area (Å²) in [7, 11) is 1.87. The van der Waals surface area contributed by atoms with Gasteiger partial charge in [-0.25, -0.2) is 0 Å². The molecule has 0 heterocycles.